The molecule has 2 rings (SSSR count). The van der Waals surface area contributed by atoms with E-state index in [1.54, 1.807) is 0 Å². The zero-order valence-electron chi connectivity index (χ0n) is 8.12. The molecule has 2 aromatic rings. The van der Waals surface area contributed by atoms with Crippen molar-refractivity contribution in [3.63, 3.8) is 0 Å². The van der Waals surface area contributed by atoms with Gasteiger partial charge in [0.25, 0.3) is 0 Å². The first-order chi connectivity index (χ1) is 7.88. The highest BCUT2D eigenvalue weighted by Crippen LogP contribution is 2.35. The largest absolute Gasteiger partial charge is 0.507 e. The van der Waals surface area contributed by atoms with E-state index in [-0.39, 0.29) is 22.1 Å². The maximum atomic E-state index is 12.3. The minimum Gasteiger partial charge on any atom is -0.507 e. The molecular weight excluding hydrogens is 259 g/mol. The molecule has 1 aromatic heterocycles. The number of aromatic nitrogens is 1. The van der Waals surface area contributed by atoms with Crippen molar-refractivity contribution in [3.8, 4) is 17.1 Å². The zero-order valence-corrected chi connectivity index (χ0v) is 8.88. The fourth-order valence-electron chi connectivity index (χ4n) is 1.24. The average Bonchev–Trinajstić information content (AvgIpc) is 2.70. The monoisotopic (exact) mass is 263 g/mol. The lowest BCUT2D eigenvalue weighted by atomic mass is 10.1. The number of nitrogens with zero attached hydrogens (tertiary/aromatic N) is 1. The lowest BCUT2D eigenvalue weighted by molar-refractivity contribution is -0.142. The highest BCUT2D eigenvalue weighted by molar-refractivity contribution is 6.30. The molecular formula is C10H5ClF3NO2. The van der Waals surface area contributed by atoms with Gasteiger partial charge in [0, 0.05) is 11.1 Å². The van der Waals surface area contributed by atoms with Gasteiger partial charge in [-0.05, 0) is 18.2 Å². The standard InChI is InChI=1S/C10H5ClF3NO2/c11-5-1-2-7(16)6(3-5)8-4-9(15-17-8)10(12,13)14/h1-4,16H. The lowest BCUT2D eigenvalue weighted by Gasteiger charge is -2.00. The summed E-state index contributed by atoms with van der Waals surface area (Å²) < 4.78 is 41.4. The van der Waals surface area contributed by atoms with E-state index in [0.717, 1.165) is 0 Å². The Hall–Kier alpha value is -1.69. The highest BCUT2D eigenvalue weighted by Gasteiger charge is 2.35. The number of phenols is 1. The van der Waals surface area contributed by atoms with Gasteiger partial charge in [-0.3, -0.25) is 0 Å². The molecule has 0 radical (unpaired) electrons. The van der Waals surface area contributed by atoms with Crippen molar-refractivity contribution < 1.29 is 22.8 Å². The summed E-state index contributed by atoms with van der Waals surface area (Å²) >= 11 is 5.67. The molecule has 0 aliphatic rings. The van der Waals surface area contributed by atoms with Crippen LogP contribution in [0.15, 0.2) is 28.8 Å². The summed E-state index contributed by atoms with van der Waals surface area (Å²) in [5.74, 6) is -0.434. The number of hydrogen-bond acceptors (Lipinski definition) is 3. The molecule has 17 heavy (non-hydrogen) atoms. The number of halogens is 4. The summed E-state index contributed by atoms with van der Waals surface area (Å²) in [4.78, 5) is 0. The van der Waals surface area contributed by atoms with Crippen LogP contribution >= 0.6 is 11.6 Å². The minimum atomic E-state index is -4.59. The van der Waals surface area contributed by atoms with Crippen LogP contribution in [0.1, 0.15) is 5.69 Å². The first-order valence-electron chi connectivity index (χ1n) is 4.41. The summed E-state index contributed by atoms with van der Waals surface area (Å²) in [5, 5.41) is 12.6. The van der Waals surface area contributed by atoms with E-state index in [9.17, 15) is 18.3 Å². The topological polar surface area (TPSA) is 46.3 Å². The molecule has 1 aromatic carbocycles. The predicted molar refractivity (Wildman–Crippen MR) is 53.6 cm³/mol. The molecule has 0 unspecified atom stereocenters. The molecule has 0 spiro atoms. The summed E-state index contributed by atoms with van der Waals surface area (Å²) in [5.41, 5.74) is -1.10. The Bertz CT molecular complexity index is 551. The molecule has 90 valence electrons. The van der Waals surface area contributed by atoms with E-state index >= 15 is 0 Å². The Kier molecular flexibility index (Phi) is 2.74. The molecule has 7 heteroatoms. The van der Waals surface area contributed by atoms with Gasteiger partial charge in [0.15, 0.2) is 11.5 Å². The van der Waals surface area contributed by atoms with E-state index in [2.05, 4.69) is 9.68 Å². The van der Waals surface area contributed by atoms with Crippen LogP contribution in [0.3, 0.4) is 0 Å². The van der Waals surface area contributed by atoms with Crippen LogP contribution in [0.4, 0.5) is 13.2 Å². The second-order valence-corrected chi connectivity index (χ2v) is 3.67. The quantitative estimate of drug-likeness (QED) is 0.853. The van der Waals surface area contributed by atoms with Crippen molar-refractivity contribution in [1.29, 1.82) is 0 Å². The molecule has 0 saturated carbocycles. The molecule has 0 bridgehead atoms. The molecule has 0 atom stereocenters. The predicted octanol–water partition coefficient (Wildman–Crippen LogP) is 3.72. The number of alkyl halides is 3. The molecule has 0 aliphatic carbocycles. The molecule has 1 heterocycles. The Morgan fingerprint density at radius 3 is 2.53 bits per heavy atom. The van der Waals surface area contributed by atoms with Crippen molar-refractivity contribution >= 4 is 11.6 Å². The van der Waals surface area contributed by atoms with Gasteiger partial charge in [0.1, 0.15) is 5.75 Å². The first kappa shape index (κ1) is 11.8. The van der Waals surface area contributed by atoms with Crippen LogP contribution in [0.2, 0.25) is 5.02 Å². The number of benzene rings is 1. The summed E-state index contributed by atoms with van der Waals surface area (Å²) in [7, 11) is 0. The lowest BCUT2D eigenvalue weighted by Crippen LogP contribution is -2.04. The Morgan fingerprint density at radius 2 is 1.94 bits per heavy atom. The van der Waals surface area contributed by atoms with Gasteiger partial charge in [0.2, 0.25) is 0 Å². The molecule has 0 amide bonds. The van der Waals surface area contributed by atoms with Crippen molar-refractivity contribution in [2.24, 2.45) is 0 Å². The Balaban J connectivity index is 2.47. The third-order valence-corrected chi connectivity index (χ3v) is 2.26. The van der Waals surface area contributed by atoms with Gasteiger partial charge >= 0.3 is 6.18 Å². The van der Waals surface area contributed by atoms with E-state index in [1.165, 1.54) is 18.2 Å². The first-order valence-corrected chi connectivity index (χ1v) is 4.78. The third-order valence-electron chi connectivity index (χ3n) is 2.02. The maximum Gasteiger partial charge on any atom is 0.436 e. The highest BCUT2D eigenvalue weighted by atomic mass is 35.5. The smallest absolute Gasteiger partial charge is 0.436 e. The van der Waals surface area contributed by atoms with E-state index in [4.69, 9.17) is 11.6 Å². The van der Waals surface area contributed by atoms with Gasteiger partial charge in [-0.1, -0.05) is 16.8 Å². The second kappa shape index (κ2) is 3.96. The van der Waals surface area contributed by atoms with E-state index in [1.807, 2.05) is 0 Å². The summed E-state index contributed by atoms with van der Waals surface area (Å²) in [6, 6.07) is 4.65. The van der Waals surface area contributed by atoms with Crippen molar-refractivity contribution in [2.75, 3.05) is 0 Å². The number of rotatable bonds is 1. The second-order valence-electron chi connectivity index (χ2n) is 3.24. The van der Waals surface area contributed by atoms with Crippen molar-refractivity contribution in [2.45, 2.75) is 6.18 Å². The van der Waals surface area contributed by atoms with Gasteiger partial charge in [0.05, 0.1) is 5.56 Å². The molecule has 3 nitrogen and oxygen atoms in total. The zero-order chi connectivity index (χ0) is 12.6. The van der Waals surface area contributed by atoms with Gasteiger partial charge in [-0.15, -0.1) is 0 Å². The fourth-order valence-corrected chi connectivity index (χ4v) is 1.41. The Labute approximate surface area is 98.4 Å². The maximum absolute atomic E-state index is 12.3. The summed E-state index contributed by atoms with van der Waals surface area (Å²) in [6.45, 7) is 0. The van der Waals surface area contributed by atoms with E-state index < -0.39 is 11.9 Å². The number of aromatic hydroxyl groups is 1. The number of phenolic OH excluding ortho intramolecular Hbond substituents is 1. The normalized spacial score (nSPS) is 11.8. The minimum absolute atomic E-state index is 0.0560. The number of hydrogen-bond donors (Lipinski definition) is 1. The van der Waals surface area contributed by atoms with Crippen LogP contribution in [0, 0.1) is 0 Å². The van der Waals surface area contributed by atoms with Crippen LogP contribution in [0.25, 0.3) is 11.3 Å². The molecule has 0 aliphatic heterocycles. The summed E-state index contributed by atoms with van der Waals surface area (Å²) in [6.07, 6.45) is -4.59. The van der Waals surface area contributed by atoms with Crippen LogP contribution in [-0.4, -0.2) is 10.3 Å². The molecule has 0 fully saturated rings. The fraction of sp³-hybridized carbons (Fsp3) is 0.100. The Morgan fingerprint density at radius 1 is 1.24 bits per heavy atom. The van der Waals surface area contributed by atoms with Crippen LogP contribution in [-0.2, 0) is 6.18 Å². The van der Waals surface area contributed by atoms with Gasteiger partial charge in [-0.2, -0.15) is 13.2 Å². The van der Waals surface area contributed by atoms with Crippen molar-refractivity contribution in [1.82, 2.24) is 5.16 Å². The molecule has 0 saturated heterocycles. The SMILES string of the molecule is Oc1ccc(Cl)cc1-c1cc(C(F)(F)F)no1. The van der Waals surface area contributed by atoms with E-state index in [0.29, 0.717) is 6.07 Å². The van der Waals surface area contributed by atoms with Gasteiger partial charge in [-0.25, -0.2) is 0 Å². The molecule has 1 N–H and O–H groups in total. The van der Waals surface area contributed by atoms with Crippen LogP contribution < -0.4 is 0 Å². The third kappa shape index (κ3) is 2.36. The average molecular weight is 264 g/mol. The van der Waals surface area contributed by atoms with Crippen molar-refractivity contribution in [3.05, 3.63) is 35.0 Å². The van der Waals surface area contributed by atoms with Crippen LogP contribution in [0.5, 0.6) is 5.75 Å². The van der Waals surface area contributed by atoms with Gasteiger partial charge < -0.3 is 9.63 Å².